The van der Waals surface area contributed by atoms with Gasteiger partial charge in [0.15, 0.2) is 6.29 Å². The Kier molecular flexibility index (Phi) is 6.75. The van der Waals surface area contributed by atoms with E-state index >= 15 is 4.39 Å². The molecule has 3 atom stereocenters. The maximum absolute atomic E-state index is 15.2. The van der Waals surface area contributed by atoms with Gasteiger partial charge in [-0.05, 0) is 32.0 Å². The van der Waals surface area contributed by atoms with Crippen molar-refractivity contribution in [1.82, 2.24) is 24.6 Å². The van der Waals surface area contributed by atoms with Crippen LogP contribution in [0.1, 0.15) is 33.4 Å². The van der Waals surface area contributed by atoms with Crippen LogP contribution in [0.2, 0.25) is 0 Å². The first-order valence-electron chi connectivity index (χ1n) is 11.6. The summed E-state index contributed by atoms with van der Waals surface area (Å²) in [5.74, 6) is -2.06. The van der Waals surface area contributed by atoms with Crippen LogP contribution in [0.25, 0.3) is 10.6 Å². The number of aromatic nitrogens is 4. The smallest absolute Gasteiger partial charge is 0.266 e. The zero-order valence-corrected chi connectivity index (χ0v) is 21.2. The minimum absolute atomic E-state index is 0.0299. The average Bonchev–Trinajstić information content (AvgIpc) is 3.55. The van der Waals surface area contributed by atoms with Crippen molar-refractivity contribution in [3.05, 3.63) is 88.5 Å². The average molecular weight is 537 g/mol. The van der Waals surface area contributed by atoms with Gasteiger partial charge >= 0.3 is 0 Å². The van der Waals surface area contributed by atoms with Gasteiger partial charge in [0.2, 0.25) is 0 Å². The van der Waals surface area contributed by atoms with Gasteiger partial charge in [-0.25, -0.2) is 23.4 Å². The molecule has 0 aliphatic carbocycles. The second kappa shape index (κ2) is 10.0. The highest BCUT2D eigenvalue weighted by molar-refractivity contribution is 7.17. The van der Waals surface area contributed by atoms with Gasteiger partial charge in [-0.1, -0.05) is 18.2 Å². The fraction of sp³-hybridized carbons (Fsp3) is 0.269. The Hall–Kier alpha value is -4.05. The highest BCUT2D eigenvalue weighted by Gasteiger charge is 2.51. The fourth-order valence-corrected chi connectivity index (χ4v) is 5.71. The lowest BCUT2D eigenvalue weighted by Crippen LogP contribution is -2.63. The van der Waals surface area contributed by atoms with Gasteiger partial charge in [0.1, 0.15) is 39.8 Å². The van der Waals surface area contributed by atoms with Crippen molar-refractivity contribution in [2.75, 3.05) is 6.54 Å². The minimum atomic E-state index is -1.62. The molecule has 5 rings (SSSR count). The van der Waals surface area contributed by atoms with Crippen LogP contribution in [0.15, 0.2) is 55.1 Å². The van der Waals surface area contributed by atoms with Crippen LogP contribution in [-0.2, 0) is 16.9 Å². The number of ether oxygens (including phenoxy) is 1. The summed E-state index contributed by atoms with van der Waals surface area (Å²) < 4.78 is 36.4. The van der Waals surface area contributed by atoms with E-state index in [0.717, 1.165) is 17.7 Å². The highest BCUT2D eigenvalue weighted by atomic mass is 32.1. The number of benzene rings is 2. The summed E-state index contributed by atoms with van der Waals surface area (Å²) >= 11 is 1.18. The van der Waals surface area contributed by atoms with Crippen LogP contribution in [0, 0.1) is 29.9 Å². The zero-order valence-electron chi connectivity index (χ0n) is 20.4. The fourth-order valence-electron chi connectivity index (χ4n) is 4.68. The summed E-state index contributed by atoms with van der Waals surface area (Å²) in [6.45, 7) is 3.11. The third kappa shape index (κ3) is 4.56. The molecule has 1 saturated heterocycles. The molecule has 1 fully saturated rings. The van der Waals surface area contributed by atoms with Crippen molar-refractivity contribution in [3.63, 3.8) is 0 Å². The molecule has 1 N–H and O–H groups in total. The number of aliphatic hydroxyl groups excluding tert-OH is 1. The number of nitrogens with zero attached hydrogens (tertiary/aromatic N) is 6. The number of morpholine rings is 1. The lowest BCUT2D eigenvalue weighted by molar-refractivity contribution is -0.255. The number of thiazole rings is 1. The summed E-state index contributed by atoms with van der Waals surface area (Å²) in [5.41, 5.74) is 0.0966. The number of hydrogen-bond acceptors (Lipinski definition) is 8. The van der Waals surface area contributed by atoms with E-state index in [4.69, 9.17) is 10.00 Å². The van der Waals surface area contributed by atoms with Crippen LogP contribution in [0.5, 0.6) is 0 Å². The second-order valence-corrected chi connectivity index (χ2v) is 9.93. The largest absolute Gasteiger partial charge is 0.366 e. The Morgan fingerprint density at radius 3 is 2.71 bits per heavy atom. The predicted octanol–water partition coefficient (Wildman–Crippen LogP) is 3.63. The van der Waals surface area contributed by atoms with Gasteiger partial charge in [0.25, 0.3) is 5.91 Å². The topological polar surface area (TPSA) is 117 Å². The van der Waals surface area contributed by atoms with E-state index < -0.39 is 35.5 Å². The minimum Gasteiger partial charge on any atom is -0.366 e. The molecule has 0 spiro atoms. The van der Waals surface area contributed by atoms with E-state index in [0.29, 0.717) is 21.1 Å². The Bertz CT molecular complexity index is 1520. The number of aryl methyl sites for hydroxylation is 1. The zero-order chi connectivity index (χ0) is 27.0. The number of hydrogen-bond donors (Lipinski definition) is 1. The van der Waals surface area contributed by atoms with Gasteiger partial charge < -0.3 is 14.7 Å². The Morgan fingerprint density at radius 2 is 2.05 bits per heavy atom. The van der Waals surface area contributed by atoms with Crippen LogP contribution in [0.4, 0.5) is 8.78 Å². The molecule has 3 heterocycles. The first-order chi connectivity index (χ1) is 18.2. The van der Waals surface area contributed by atoms with Crippen molar-refractivity contribution < 1.29 is 23.4 Å². The summed E-state index contributed by atoms with van der Waals surface area (Å²) in [4.78, 5) is 24.1. The van der Waals surface area contributed by atoms with E-state index in [9.17, 15) is 14.3 Å². The van der Waals surface area contributed by atoms with Gasteiger partial charge in [-0.2, -0.15) is 10.4 Å². The first-order valence-corrected chi connectivity index (χ1v) is 12.5. The van der Waals surface area contributed by atoms with E-state index in [1.54, 1.807) is 38.1 Å². The van der Waals surface area contributed by atoms with Crippen LogP contribution in [0.3, 0.4) is 0 Å². The molecule has 2 aromatic heterocycles. The number of aliphatic hydroxyl groups is 1. The van der Waals surface area contributed by atoms with Crippen LogP contribution >= 0.6 is 11.3 Å². The number of carbonyl (C=O) groups is 1. The summed E-state index contributed by atoms with van der Waals surface area (Å²) in [5, 5.41) is 24.5. The molecule has 9 nitrogen and oxygen atoms in total. The quantitative estimate of drug-likeness (QED) is 0.414. The maximum atomic E-state index is 15.2. The van der Waals surface area contributed by atoms with E-state index in [-0.39, 0.29) is 18.7 Å². The number of rotatable bonds is 5. The molecule has 2 aromatic carbocycles. The third-order valence-corrected chi connectivity index (χ3v) is 7.80. The molecule has 0 bridgehead atoms. The predicted molar refractivity (Wildman–Crippen MR) is 133 cm³/mol. The maximum Gasteiger partial charge on any atom is 0.266 e. The van der Waals surface area contributed by atoms with Crippen LogP contribution < -0.4 is 0 Å². The van der Waals surface area contributed by atoms with Gasteiger partial charge in [-0.3, -0.25) is 4.79 Å². The Labute approximate surface area is 220 Å². The second-order valence-electron chi connectivity index (χ2n) is 8.94. The van der Waals surface area contributed by atoms with Crippen molar-refractivity contribution in [2.24, 2.45) is 0 Å². The molecule has 0 radical (unpaired) electrons. The lowest BCUT2D eigenvalue weighted by atomic mass is 9.83. The van der Waals surface area contributed by atoms with Crippen molar-refractivity contribution >= 4 is 17.2 Å². The molecule has 1 amide bonds. The first kappa shape index (κ1) is 25.6. The highest BCUT2D eigenvalue weighted by Crippen LogP contribution is 2.41. The SMILES string of the molecule is Cc1nc(-c2ccc(C#N)cc2)sc1C(=O)N1CC(O)O[C@@](Cn2cncn2)(c2ccc(F)cc2F)[C@H]1C. The number of β-amino-alcohol motifs (C(OH)–C–C–N with tert-alkyl or cyclic N) is 1. The monoisotopic (exact) mass is 536 g/mol. The molecule has 4 aromatic rings. The molecular weight excluding hydrogens is 514 g/mol. The number of amides is 1. The molecular formula is C26H22F2N6O3S. The van der Waals surface area contributed by atoms with Crippen molar-refractivity contribution in [3.8, 4) is 16.6 Å². The van der Waals surface area contributed by atoms with E-state index in [2.05, 4.69) is 21.1 Å². The lowest BCUT2D eigenvalue weighted by Gasteiger charge is -2.50. The summed E-state index contributed by atoms with van der Waals surface area (Å²) in [7, 11) is 0. The summed E-state index contributed by atoms with van der Waals surface area (Å²) in [6.07, 6.45) is 1.24. The van der Waals surface area contributed by atoms with Gasteiger partial charge in [0.05, 0.1) is 36.5 Å². The molecule has 12 heteroatoms. The third-order valence-electron chi connectivity index (χ3n) is 6.60. The number of carbonyl (C=O) groups excluding carboxylic acids is 1. The standard InChI is InChI=1S/C26H22F2N6O3S/c1-15-23(38-24(32-15)18-5-3-17(10-29)4-6-18)25(36)34-11-22(35)37-26(16(34)2,12-33-14-30-13-31-33)20-8-7-19(27)9-21(20)28/h3-9,13-14,16,22,35H,11-12H2,1-2H3/t16-,22?,26-/m1/s1. The Morgan fingerprint density at radius 1 is 1.29 bits per heavy atom. The number of nitriles is 1. The van der Waals surface area contributed by atoms with E-state index in [1.807, 2.05) is 0 Å². The van der Waals surface area contributed by atoms with Crippen molar-refractivity contribution in [2.45, 2.75) is 38.3 Å². The molecule has 194 valence electrons. The molecule has 38 heavy (non-hydrogen) atoms. The summed E-state index contributed by atoms with van der Waals surface area (Å²) in [6, 6.07) is 11.2. The molecule has 0 saturated carbocycles. The van der Waals surface area contributed by atoms with E-state index in [1.165, 1.54) is 39.6 Å². The number of halogens is 2. The molecule has 1 aliphatic rings. The van der Waals surface area contributed by atoms with Crippen LogP contribution in [-0.4, -0.2) is 54.5 Å². The molecule has 1 aliphatic heterocycles. The molecule has 1 unspecified atom stereocenters. The van der Waals surface area contributed by atoms with Crippen molar-refractivity contribution in [1.29, 1.82) is 5.26 Å². The Balaban J connectivity index is 1.55. The van der Waals surface area contributed by atoms with Gasteiger partial charge in [-0.15, -0.1) is 11.3 Å². The van der Waals surface area contributed by atoms with Gasteiger partial charge in [0, 0.05) is 17.2 Å². The normalized spacial score (nSPS) is 21.3.